The van der Waals surface area contributed by atoms with Crippen LogP contribution in [0.2, 0.25) is 0 Å². The zero-order valence-electron chi connectivity index (χ0n) is 9.42. The van der Waals surface area contributed by atoms with E-state index in [4.69, 9.17) is 0 Å². The molecule has 0 unspecified atom stereocenters. The van der Waals surface area contributed by atoms with Gasteiger partial charge in [0.25, 0.3) is 0 Å². The van der Waals surface area contributed by atoms with Crippen molar-refractivity contribution in [1.29, 1.82) is 0 Å². The highest BCUT2D eigenvalue weighted by molar-refractivity contribution is 9.10. The quantitative estimate of drug-likeness (QED) is 0.775. The molecular weight excluding hydrogens is 281 g/mol. The van der Waals surface area contributed by atoms with Crippen molar-refractivity contribution in [1.82, 2.24) is 4.90 Å². The van der Waals surface area contributed by atoms with Gasteiger partial charge in [-0.25, -0.2) is 4.39 Å². The van der Waals surface area contributed by atoms with Gasteiger partial charge in [-0.2, -0.15) is 0 Å². The molecule has 0 spiro atoms. The minimum absolute atomic E-state index is 0.0319. The van der Waals surface area contributed by atoms with E-state index in [1.54, 1.807) is 0 Å². The Bertz CT molecular complexity index is 487. The maximum Gasteiger partial charge on any atom is 0.102 e. The number of likely N-dealkylation sites (tertiary alicyclic amines) is 1. The molecule has 88 valence electrons. The Kier molecular flexibility index (Phi) is 2.72. The van der Waals surface area contributed by atoms with Gasteiger partial charge >= 0.3 is 0 Å². The van der Waals surface area contributed by atoms with E-state index >= 15 is 0 Å². The van der Waals surface area contributed by atoms with Crippen molar-refractivity contribution in [3.8, 4) is 11.8 Å². The van der Waals surface area contributed by atoms with Gasteiger partial charge in [-0.3, -0.25) is 4.90 Å². The number of nitrogens with zero attached hydrogens (tertiary/aromatic N) is 1. The Morgan fingerprint density at radius 1 is 1.41 bits per heavy atom. The minimum atomic E-state index is -0.275. The Hall–Kier alpha value is -0.850. The van der Waals surface area contributed by atoms with Gasteiger partial charge in [-0.1, -0.05) is 39.9 Å². The molecule has 0 N–H and O–H groups in total. The Morgan fingerprint density at radius 2 is 2.18 bits per heavy atom. The Morgan fingerprint density at radius 3 is 2.76 bits per heavy atom. The molecule has 0 bridgehead atoms. The molecule has 1 saturated heterocycles. The van der Waals surface area contributed by atoms with Gasteiger partial charge in [0.05, 0.1) is 11.3 Å². The van der Waals surface area contributed by atoms with Gasteiger partial charge in [0.15, 0.2) is 0 Å². The number of hydrogen-bond acceptors (Lipinski definition) is 1. The van der Waals surface area contributed by atoms with Crippen molar-refractivity contribution in [3.63, 3.8) is 0 Å². The predicted molar refractivity (Wildman–Crippen MR) is 69.5 cm³/mol. The van der Waals surface area contributed by atoms with Crippen LogP contribution in [0.5, 0.6) is 0 Å². The normalized spacial score (nSPS) is 30.4. The summed E-state index contributed by atoms with van der Waals surface area (Å²) in [7, 11) is 0. The monoisotopic (exact) mass is 293 g/mol. The maximum atomic E-state index is 12.4. The molecule has 1 fully saturated rings. The van der Waals surface area contributed by atoms with Crippen LogP contribution in [0.4, 0.5) is 4.39 Å². The van der Waals surface area contributed by atoms with Gasteiger partial charge in [0.2, 0.25) is 0 Å². The number of hydrogen-bond donors (Lipinski definition) is 0. The molecule has 0 amide bonds. The third kappa shape index (κ3) is 1.71. The van der Waals surface area contributed by atoms with E-state index in [0.29, 0.717) is 12.5 Å². The molecule has 1 aliphatic heterocycles. The average molecular weight is 294 g/mol. The zero-order chi connectivity index (χ0) is 11.9. The van der Waals surface area contributed by atoms with E-state index in [9.17, 15) is 4.39 Å². The average Bonchev–Trinajstić information content (AvgIpc) is 2.55. The number of alkyl halides is 1. The first kappa shape index (κ1) is 11.3. The molecule has 0 aromatic heterocycles. The maximum absolute atomic E-state index is 12.4. The summed E-state index contributed by atoms with van der Waals surface area (Å²) < 4.78 is 13.5. The summed E-state index contributed by atoms with van der Waals surface area (Å²) in [6.45, 7) is 2.03. The summed E-state index contributed by atoms with van der Waals surface area (Å²) >= 11 is 3.45. The topological polar surface area (TPSA) is 3.24 Å². The van der Waals surface area contributed by atoms with Crippen LogP contribution >= 0.6 is 15.9 Å². The first-order valence-electron chi connectivity index (χ1n) is 5.82. The second kappa shape index (κ2) is 4.12. The van der Waals surface area contributed by atoms with E-state index in [0.717, 1.165) is 17.6 Å². The van der Waals surface area contributed by atoms with E-state index in [1.807, 2.05) is 0 Å². The Labute approximate surface area is 109 Å². The van der Waals surface area contributed by atoms with E-state index in [2.05, 4.69) is 56.9 Å². The number of rotatable bonds is 3. The lowest BCUT2D eigenvalue weighted by molar-refractivity contribution is 0.288. The van der Waals surface area contributed by atoms with Crippen LogP contribution in [0, 0.1) is 17.8 Å². The third-order valence-corrected chi connectivity index (χ3v) is 4.27. The third-order valence-electron chi connectivity index (χ3n) is 3.74. The summed E-state index contributed by atoms with van der Waals surface area (Å²) in [5, 5.41) is 0. The SMILES string of the molecule is FCCN1C[C@H]2C#C[C@@]2(c2ccc(Br)cc2)C1. The summed E-state index contributed by atoms with van der Waals surface area (Å²) in [5.74, 6) is 6.92. The molecule has 3 rings (SSSR count). The number of halogens is 2. The smallest absolute Gasteiger partial charge is 0.102 e. The van der Waals surface area contributed by atoms with Crippen LogP contribution in [0.1, 0.15) is 5.56 Å². The lowest BCUT2D eigenvalue weighted by atomic mass is 9.67. The standard InChI is InChI=1S/C14H13BrFN/c15-13-3-1-11(2-4-13)14-6-5-12(14)9-17(10-14)8-7-16/h1-4,12H,7-10H2/t12-,14+/m1/s1. The molecular formula is C14H13BrFN. The van der Waals surface area contributed by atoms with Crippen molar-refractivity contribution in [2.45, 2.75) is 5.41 Å². The molecule has 2 atom stereocenters. The number of fused-ring (bicyclic) bond motifs is 1. The first-order valence-corrected chi connectivity index (χ1v) is 6.61. The second-order valence-corrected chi connectivity index (χ2v) is 5.64. The fourth-order valence-corrected chi connectivity index (χ4v) is 3.04. The van der Waals surface area contributed by atoms with Crippen molar-refractivity contribution in [3.05, 3.63) is 34.3 Å². The van der Waals surface area contributed by atoms with E-state index in [-0.39, 0.29) is 12.1 Å². The minimum Gasteiger partial charge on any atom is -0.298 e. The highest BCUT2D eigenvalue weighted by atomic mass is 79.9. The molecule has 3 heteroatoms. The van der Waals surface area contributed by atoms with Crippen molar-refractivity contribution in [2.24, 2.45) is 5.92 Å². The molecule has 1 aromatic carbocycles. The molecule has 1 aliphatic carbocycles. The molecule has 1 nitrogen and oxygen atoms in total. The van der Waals surface area contributed by atoms with Gasteiger partial charge in [-0.05, 0) is 17.7 Å². The van der Waals surface area contributed by atoms with Gasteiger partial charge in [0.1, 0.15) is 6.67 Å². The fraction of sp³-hybridized carbons (Fsp3) is 0.429. The number of benzene rings is 1. The largest absolute Gasteiger partial charge is 0.298 e. The zero-order valence-corrected chi connectivity index (χ0v) is 11.0. The van der Waals surface area contributed by atoms with Crippen molar-refractivity contribution >= 4 is 15.9 Å². The summed E-state index contributed by atoms with van der Waals surface area (Å²) in [6, 6.07) is 8.37. The molecule has 2 aliphatic rings. The highest BCUT2D eigenvalue weighted by Gasteiger charge is 2.50. The van der Waals surface area contributed by atoms with Crippen LogP contribution in [0.15, 0.2) is 28.7 Å². The van der Waals surface area contributed by atoms with Crippen LogP contribution in [0.3, 0.4) is 0 Å². The molecule has 1 heterocycles. The van der Waals surface area contributed by atoms with E-state index < -0.39 is 0 Å². The van der Waals surface area contributed by atoms with Gasteiger partial charge in [0, 0.05) is 24.1 Å². The Balaban J connectivity index is 1.88. The van der Waals surface area contributed by atoms with Crippen LogP contribution < -0.4 is 0 Å². The second-order valence-electron chi connectivity index (χ2n) is 4.72. The lowest BCUT2D eigenvalue weighted by Crippen LogP contribution is -2.38. The first-order chi connectivity index (χ1) is 8.24. The molecule has 0 saturated carbocycles. The molecule has 0 radical (unpaired) electrons. The molecule has 1 aromatic rings. The summed E-state index contributed by atoms with van der Waals surface area (Å²) in [5.41, 5.74) is 1.24. The van der Waals surface area contributed by atoms with Gasteiger partial charge in [-0.15, -0.1) is 0 Å². The van der Waals surface area contributed by atoms with E-state index in [1.165, 1.54) is 5.56 Å². The lowest BCUT2D eigenvalue weighted by Gasteiger charge is -2.33. The van der Waals surface area contributed by atoms with Crippen LogP contribution in [-0.2, 0) is 5.41 Å². The molecule has 17 heavy (non-hydrogen) atoms. The summed E-state index contributed by atoms with van der Waals surface area (Å²) in [6.07, 6.45) is 0. The van der Waals surface area contributed by atoms with Gasteiger partial charge < -0.3 is 0 Å². The van der Waals surface area contributed by atoms with Crippen LogP contribution in [0.25, 0.3) is 0 Å². The fourth-order valence-electron chi connectivity index (χ4n) is 2.78. The highest BCUT2D eigenvalue weighted by Crippen LogP contribution is 2.43. The van der Waals surface area contributed by atoms with Crippen LogP contribution in [-0.4, -0.2) is 31.2 Å². The summed E-state index contributed by atoms with van der Waals surface area (Å²) in [4.78, 5) is 2.17. The van der Waals surface area contributed by atoms with Crippen molar-refractivity contribution < 1.29 is 4.39 Å². The van der Waals surface area contributed by atoms with Crippen molar-refractivity contribution in [2.75, 3.05) is 26.3 Å². The predicted octanol–water partition coefficient (Wildman–Crippen LogP) is 2.61.